The third-order valence-electron chi connectivity index (χ3n) is 2.88. The van der Waals surface area contributed by atoms with E-state index in [1.165, 1.54) is 19.3 Å². The maximum Gasteiger partial charge on any atom is 0.326 e. The van der Waals surface area contributed by atoms with Gasteiger partial charge in [0.2, 0.25) is 0 Å². The summed E-state index contributed by atoms with van der Waals surface area (Å²) in [6.07, 6.45) is 4.79. The average molecular weight is 188 g/mol. The summed E-state index contributed by atoms with van der Waals surface area (Å²) in [4.78, 5) is 0. The second-order valence-corrected chi connectivity index (χ2v) is 6.11. The van der Waals surface area contributed by atoms with Crippen molar-refractivity contribution in [3.05, 3.63) is 0 Å². The molecule has 1 aliphatic heterocycles. The van der Waals surface area contributed by atoms with Gasteiger partial charge in [-0.25, -0.2) is 0 Å². The molecule has 70 valence electrons. The second-order valence-electron chi connectivity index (χ2n) is 3.57. The third-order valence-corrected chi connectivity index (χ3v) is 5.23. The van der Waals surface area contributed by atoms with Gasteiger partial charge in [-0.1, -0.05) is 6.42 Å². The lowest BCUT2D eigenvalue weighted by molar-refractivity contribution is 0.250. The fourth-order valence-corrected chi connectivity index (χ4v) is 4.27. The highest BCUT2D eigenvalue weighted by Crippen LogP contribution is 2.45. The van der Waals surface area contributed by atoms with Crippen LogP contribution in [0, 0.1) is 0 Å². The lowest BCUT2D eigenvalue weighted by Crippen LogP contribution is -2.32. The molecule has 1 saturated carbocycles. The van der Waals surface area contributed by atoms with Gasteiger partial charge >= 0.3 is 9.28 Å². The first-order valence-electron chi connectivity index (χ1n) is 4.58. The van der Waals surface area contributed by atoms with E-state index in [2.05, 4.69) is 0 Å². The Balaban J connectivity index is 1.92. The third kappa shape index (κ3) is 1.44. The summed E-state index contributed by atoms with van der Waals surface area (Å²) in [5, 5.41) is 0. The Morgan fingerprint density at radius 2 is 2.00 bits per heavy atom. The quantitative estimate of drug-likeness (QED) is 0.485. The largest absolute Gasteiger partial charge is 0.400 e. The number of fused-ring (bicyclic) bond motifs is 1. The normalized spacial score (nSPS) is 39.8. The average Bonchev–Trinajstić information content (AvgIpc) is 2.86. The maximum absolute atomic E-state index is 5.55. The number of hydrogen-bond acceptors (Lipinski definition) is 3. The first-order chi connectivity index (χ1) is 5.86. The predicted molar refractivity (Wildman–Crippen MR) is 47.4 cm³/mol. The van der Waals surface area contributed by atoms with Gasteiger partial charge in [-0.3, -0.25) is 0 Å². The molecular formula is C8H16O3Si. The Kier molecular flexibility index (Phi) is 2.50. The predicted octanol–water partition coefficient (Wildman–Crippen LogP) is 0.821. The highest BCUT2D eigenvalue weighted by atomic mass is 28.3. The monoisotopic (exact) mass is 188 g/mol. The van der Waals surface area contributed by atoms with Crippen molar-refractivity contribution in [3.63, 3.8) is 0 Å². The van der Waals surface area contributed by atoms with E-state index in [4.69, 9.17) is 13.6 Å². The number of hydrogen-bond donors (Lipinski definition) is 0. The van der Waals surface area contributed by atoms with Crippen LogP contribution < -0.4 is 0 Å². The molecule has 2 rings (SSSR count). The van der Waals surface area contributed by atoms with Gasteiger partial charge in [-0.05, 0) is 12.8 Å². The highest BCUT2D eigenvalue weighted by Gasteiger charge is 2.51. The smallest absolute Gasteiger partial charge is 0.326 e. The van der Waals surface area contributed by atoms with Gasteiger partial charge in [0.25, 0.3) is 0 Å². The zero-order valence-electron chi connectivity index (χ0n) is 7.66. The van der Waals surface area contributed by atoms with Crippen LogP contribution in [0.3, 0.4) is 0 Å². The van der Waals surface area contributed by atoms with Gasteiger partial charge < -0.3 is 13.6 Å². The van der Waals surface area contributed by atoms with Crippen LogP contribution in [-0.4, -0.2) is 35.7 Å². The van der Waals surface area contributed by atoms with Crippen molar-refractivity contribution in [2.75, 3.05) is 14.2 Å². The molecule has 2 fully saturated rings. The second kappa shape index (κ2) is 3.45. The number of rotatable bonds is 3. The van der Waals surface area contributed by atoms with Crippen molar-refractivity contribution in [3.8, 4) is 0 Å². The zero-order chi connectivity index (χ0) is 8.55. The van der Waals surface area contributed by atoms with Crippen LogP contribution in [0.4, 0.5) is 0 Å². The zero-order valence-corrected chi connectivity index (χ0v) is 8.81. The van der Waals surface area contributed by atoms with Crippen LogP contribution in [0.2, 0.25) is 5.54 Å². The fourth-order valence-electron chi connectivity index (χ4n) is 2.22. The van der Waals surface area contributed by atoms with Crippen molar-refractivity contribution in [1.82, 2.24) is 0 Å². The van der Waals surface area contributed by atoms with Crippen molar-refractivity contribution < 1.29 is 13.6 Å². The van der Waals surface area contributed by atoms with Gasteiger partial charge in [0.1, 0.15) is 0 Å². The molecule has 0 N–H and O–H groups in total. The minimum Gasteiger partial charge on any atom is -0.400 e. The lowest BCUT2D eigenvalue weighted by atomic mass is 10.0. The molecule has 0 bridgehead atoms. The summed E-state index contributed by atoms with van der Waals surface area (Å²) >= 11 is 0. The summed E-state index contributed by atoms with van der Waals surface area (Å²) < 4.78 is 16.3. The Bertz CT molecular complexity index is 160. The van der Waals surface area contributed by atoms with E-state index >= 15 is 0 Å². The summed E-state index contributed by atoms with van der Waals surface area (Å²) in [6, 6.07) is 0. The van der Waals surface area contributed by atoms with Crippen LogP contribution >= 0.6 is 0 Å². The van der Waals surface area contributed by atoms with Crippen molar-refractivity contribution in [2.45, 2.75) is 37.0 Å². The van der Waals surface area contributed by atoms with E-state index < -0.39 is 9.28 Å². The van der Waals surface area contributed by atoms with E-state index in [0.29, 0.717) is 17.7 Å². The number of epoxide rings is 1. The first-order valence-corrected chi connectivity index (χ1v) is 6.19. The molecule has 3 unspecified atom stereocenters. The van der Waals surface area contributed by atoms with Crippen LogP contribution in [-0.2, 0) is 13.6 Å². The molecular weight excluding hydrogens is 172 g/mol. The molecule has 3 nitrogen and oxygen atoms in total. The van der Waals surface area contributed by atoms with Gasteiger partial charge in [0, 0.05) is 19.8 Å². The standard InChI is InChI=1S/C8H16O3Si/c1-9-12(10-2)7-5-3-4-6-8(7)11-6/h6-8,12H,3-5H2,1-2H3. The Morgan fingerprint density at radius 1 is 1.25 bits per heavy atom. The Morgan fingerprint density at radius 3 is 2.67 bits per heavy atom. The van der Waals surface area contributed by atoms with Crippen LogP contribution in [0.1, 0.15) is 19.3 Å². The molecule has 0 aromatic carbocycles. The van der Waals surface area contributed by atoms with Crippen LogP contribution in [0.15, 0.2) is 0 Å². The summed E-state index contributed by atoms with van der Waals surface area (Å²) in [5.41, 5.74) is 0.596. The van der Waals surface area contributed by atoms with Gasteiger partial charge in [-0.2, -0.15) is 0 Å². The van der Waals surface area contributed by atoms with E-state index in [-0.39, 0.29) is 0 Å². The molecule has 0 amide bonds. The molecule has 1 aliphatic carbocycles. The fraction of sp³-hybridized carbons (Fsp3) is 1.00. The molecule has 3 atom stereocenters. The Hall–Kier alpha value is 0.0969. The van der Waals surface area contributed by atoms with Crippen molar-refractivity contribution in [2.24, 2.45) is 0 Å². The van der Waals surface area contributed by atoms with E-state index in [1.807, 2.05) is 0 Å². The van der Waals surface area contributed by atoms with E-state index in [0.717, 1.165) is 0 Å². The van der Waals surface area contributed by atoms with Crippen molar-refractivity contribution in [1.29, 1.82) is 0 Å². The molecule has 0 aromatic rings. The SMILES string of the molecule is CO[SiH](OC)C1CCCC2OC21. The maximum atomic E-state index is 5.55. The summed E-state index contributed by atoms with van der Waals surface area (Å²) in [6.45, 7) is 0. The molecule has 4 heteroatoms. The topological polar surface area (TPSA) is 31.0 Å². The van der Waals surface area contributed by atoms with Crippen LogP contribution in [0.25, 0.3) is 0 Å². The van der Waals surface area contributed by atoms with E-state index in [9.17, 15) is 0 Å². The first kappa shape index (κ1) is 8.68. The minimum atomic E-state index is -1.41. The van der Waals surface area contributed by atoms with Crippen LogP contribution in [0.5, 0.6) is 0 Å². The molecule has 1 heterocycles. The molecule has 12 heavy (non-hydrogen) atoms. The van der Waals surface area contributed by atoms with E-state index in [1.54, 1.807) is 14.2 Å². The lowest BCUT2D eigenvalue weighted by Gasteiger charge is -2.23. The number of ether oxygens (including phenoxy) is 1. The molecule has 2 aliphatic rings. The molecule has 0 radical (unpaired) electrons. The molecule has 0 spiro atoms. The summed E-state index contributed by atoms with van der Waals surface area (Å²) in [7, 11) is 2.10. The molecule has 0 aromatic heterocycles. The molecule has 1 saturated heterocycles. The van der Waals surface area contributed by atoms with Gasteiger partial charge in [0.05, 0.1) is 12.2 Å². The minimum absolute atomic E-state index is 0.482. The van der Waals surface area contributed by atoms with Crippen molar-refractivity contribution >= 4 is 9.28 Å². The summed E-state index contributed by atoms with van der Waals surface area (Å²) in [5.74, 6) is 0. The highest BCUT2D eigenvalue weighted by molar-refractivity contribution is 6.46. The van der Waals surface area contributed by atoms with Gasteiger partial charge in [-0.15, -0.1) is 0 Å². The van der Waals surface area contributed by atoms with Gasteiger partial charge in [0.15, 0.2) is 0 Å². The Labute approximate surface area is 74.8 Å².